The third-order valence-electron chi connectivity index (χ3n) is 6.11. The number of fused-ring (bicyclic) bond motifs is 1. The predicted octanol–water partition coefficient (Wildman–Crippen LogP) is 6.20. The molecule has 0 unspecified atom stereocenters. The molecule has 0 bridgehead atoms. The number of anilines is 1. The highest BCUT2D eigenvalue weighted by Gasteiger charge is 2.19. The van der Waals surface area contributed by atoms with Gasteiger partial charge in [0.25, 0.3) is 0 Å². The topological polar surface area (TPSA) is 33.1 Å². The number of hydrogen-bond donors (Lipinski definition) is 1. The third kappa shape index (κ3) is 4.86. The highest BCUT2D eigenvalue weighted by molar-refractivity contribution is 5.80. The molecule has 4 heteroatoms. The summed E-state index contributed by atoms with van der Waals surface area (Å²) >= 11 is 0. The van der Waals surface area contributed by atoms with Crippen LogP contribution in [0, 0.1) is 0 Å². The van der Waals surface area contributed by atoms with Crippen LogP contribution in [-0.2, 0) is 0 Å². The van der Waals surface area contributed by atoms with Gasteiger partial charge in [0.05, 0.1) is 23.4 Å². The molecule has 166 valence electrons. The molecule has 1 aromatic heterocycles. The van der Waals surface area contributed by atoms with Crippen molar-refractivity contribution in [3.05, 3.63) is 96.3 Å². The van der Waals surface area contributed by atoms with Crippen molar-refractivity contribution < 1.29 is 0 Å². The van der Waals surface area contributed by atoms with E-state index in [9.17, 15) is 0 Å². The minimum absolute atomic E-state index is 0.0787. The normalized spacial score (nSPS) is 11.9. The van der Waals surface area contributed by atoms with Gasteiger partial charge in [-0.2, -0.15) is 0 Å². The fourth-order valence-corrected chi connectivity index (χ4v) is 4.57. The van der Waals surface area contributed by atoms with E-state index in [1.807, 2.05) is 6.33 Å². The molecule has 0 amide bonds. The minimum atomic E-state index is 0.0787. The van der Waals surface area contributed by atoms with Crippen molar-refractivity contribution in [3.8, 4) is 0 Å². The number of nitrogens with zero attached hydrogens (tertiary/aromatic N) is 3. The molecular weight excluding hydrogens is 392 g/mol. The first-order valence-corrected chi connectivity index (χ1v) is 11.6. The molecule has 0 aliphatic rings. The molecule has 32 heavy (non-hydrogen) atoms. The number of rotatable bonds is 9. The lowest BCUT2D eigenvalue weighted by Crippen LogP contribution is -2.40. The third-order valence-corrected chi connectivity index (χ3v) is 6.11. The second-order valence-corrected chi connectivity index (χ2v) is 8.93. The molecule has 4 rings (SSSR count). The van der Waals surface area contributed by atoms with Crippen molar-refractivity contribution in [2.24, 2.45) is 0 Å². The molecule has 0 aliphatic heterocycles. The summed E-state index contributed by atoms with van der Waals surface area (Å²) in [5.74, 6) is 0. The number of hydrogen-bond acceptors (Lipinski definition) is 3. The van der Waals surface area contributed by atoms with E-state index in [0.717, 1.165) is 29.8 Å². The highest BCUT2D eigenvalue weighted by atomic mass is 15.2. The quantitative estimate of drug-likeness (QED) is 0.346. The van der Waals surface area contributed by atoms with Crippen LogP contribution in [0.4, 0.5) is 5.69 Å². The van der Waals surface area contributed by atoms with Crippen molar-refractivity contribution in [2.75, 3.05) is 18.4 Å². The number of benzene rings is 3. The van der Waals surface area contributed by atoms with Gasteiger partial charge in [0, 0.05) is 30.9 Å². The van der Waals surface area contributed by atoms with Crippen LogP contribution in [0.25, 0.3) is 11.0 Å². The van der Waals surface area contributed by atoms with E-state index >= 15 is 0 Å². The average Bonchev–Trinajstić information content (AvgIpc) is 3.21. The van der Waals surface area contributed by atoms with E-state index < -0.39 is 0 Å². The smallest absolute Gasteiger partial charge is 0.0966 e. The molecule has 0 radical (unpaired) electrons. The lowest BCUT2D eigenvalue weighted by Gasteiger charge is -2.30. The molecule has 0 aliphatic carbocycles. The van der Waals surface area contributed by atoms with Gasteiger partial charge in [-0.25, -0.2) is 4.98 Å². The van der Waals surface area contributed by atoms with Crippen LogP contribution < -0.4 is 5.32 Å². The Kier molecular flexibility index (Phi) is 6.91. The van der Waals surface area contributed by atoms with E-state index in [2.05, 4.69) is 121 Å². The molecular formula is C28H34N4. The summed E-state index contributed by atoms with van der Waals surface area (Å²) in [6, 6.07) is 29.0. The first-order chi connectivity index (χ1) is 15.5. The summed E-state index contributed by atoms with van der Waals surface area (Å²) in [6.45, 7) is 11.0. The summed E-state index contributed by atoms with van der Waals surface area (Å²) in [6.07, 6.45) is 1.97. The monoisotopic (exact) mass is 426 g/mol. The van der Waals surface area contributed by atoms with Gasteiger partial charge in [0.15, 0.2) is 0 Å². The standard InChI is InChI=1S/C28H34N4/c1-21(2)31(22(3)4)18-17-29-25-15-16-26-27(19-25)32(20-30-26)28(23-11-7-5-8-12-23)24-13-9-6-10-14-24/h5-16,19-22,28-29H,17-18H2,1-4H3. The SMILES string of the molecule is CC(C)N(CCNc1ccc2ncn(C(c3ccccc3)c3ccccc3)c2c1)C(C)C. The van der Waals surface area contributed by atoms with Gasteiger partial charge in [0.1, 0.15) is 0 Å². The maximum absolute atomic E-state index is 4.71. The van der Waals surface area contributed by atoms with Gasteiger partial charge in [-0.1, -0.05) is 60.7 Å². The predicted molar refractivity (Wildman–Crippen MR) is 135 cm³/mol. The molecule has 1 N–H and O–H groups in total. The molecule has 1 heterocycles. The van der Waals surface area contributed by atoms with Gasteiger partial charge in [-0.3, -0.25) is 4.90 Å². The fraction of sp³-hybridized carbons (Fsp3) is 0.321. The largest absolute Gasteiger partial charge is 0.384 e. The average molecular weight is 427 g/mol. The molecule has 4 aromatic rings. The molecule has 0 fully saturated rings. The summed E-state index contributed by atoms with van der Waals surface area (Å²) in [5, 5.41) is 3.63. The first kappa shape index (κ1) is 22.1. The van der Waals surface area contributed by atoms with Crippen LogP contribution >= 0.6 is 0 Å². The summed E-state index contributed by atoms with van der Waals surface area (Å²) < 4.78 is 2.29. The Hall–Kier alpha value is -3.11. The van der Waals surface area contributed by atoms with E-state index in [0.29, 0.717) is 12.1 Å². The maximum atomic E-state index is 4.71. The maximum Gasteiger partial charge on any atom is 0.0966 e. The zero-order valence-electron chi connectivity index (χ0n) is 19.6. The lowest BCUT2D eigenvalue weighted by molar-refractivity contribution is 0.182. The van der Waals surface area contributed by atoms with Gasteiger partial charge < -0.3 is 9.88 Å². The second kappa shape index (κ2) is 10.0. The Labute approximate surface area is 191 Å². The molecule has 4 nitrogen and oxygen atoms in total. The van der Waals surface area contributed by atoms with Crippen molar-refractivity contribution in [1.82, 2.24) is 14.5 Å². The van der Waals surface area contributed by atoms with Gasteiger partial charge in [0.2, 0.25) is 0 Å². The Balaban J connectivity index is 1.64. The Morgan fingerprint density at radius 2 is 1.41 bits per heavy atom. The van der Waals surface area contributed by atoms with E-state index in [-0.39, 0.29) is 6.04 Å². The molecule has 3 aromatic carbocycles. The van der Waals surface area contributed by atoms with Crippen LogP contribution in [0.15, 0.2) is 85.2 Å². The highest BCUT2D eigenvalue weighted by Crippen LogP contribution is 2.31. The number of imidazole rings is 1. The summed E-state index contributed by atoms with van der Waals surface area (Å²) in [5.41, 5.74) is 5.78. The molecule has 0 atom stereocenters. The van der Waals surface area contributed by atoms with Crippen molar-refractivity contribution >= 4 is 16.7 Å². The van der Waals surface area contributed by atoms with Crippen molar-refractivity contribution in [3.63, 3.8) is 0 Å². The second-order valence-electron chi connectivity index (χ2n) is 8.93. The zero-order valence-corrected chi connectivity index (χ0v) is 19.6. The van der Waals surface area contributed by atoms with Crippen LogP contribution in [0.1, 0.15) is 44.9 Å². The Morgan fingerprint density at radius 1 is 0.812 bits per heavy atom. The first-order valence-electron chi connectivity index (χ1n) is 11.6. The van der Waals surface area contributed by atoms with Gasteiger partial charge in [-0.05, 0) is 57.0 Å². The van der Waals surface area contributed by atoms with Crippen LogP contribution in [0.3, 0.4) is 0 Å². The van der Waals surface area contributed by atoms with E-state index in [1.54, 1.807) is 0 Å². The molecule has 0 saturated carbocycles. The van der Waals surface area contributed by atoms with Gasteiger partial charge >= 0.3 is 0 Å². The van der Waals surface area contributed by atoms with Crippen molar-refractivity contribution in [1.29, 1.82) is 0 Å². The van der Waals surface area contributed by atoms with Crippen LogP contribution in [0.5, 0.6) is 0 Å². The van der Waals surface area contributed by atoms with Crippen LogP contribution in [-0.4, -0.2) is 39.6 Å². The molecule has 0 spiro atoms. The van der Waals surface area contributed by atoms with Gasteiger partial charge in [-0.15, -0.1) is 0 Å². The Morgan fingerprint density at radius 3 is 1.97 bits per heavy atom. The van der Waals surface area contributed by atoms with Crippen molar-refractivity contribution in [2.45, 2.75) is 45.8 Å². The fourth-order valence-electron chi connectivity index (χ4n) is 4.57. The number of nitrogens with one attached hydrogen (secondary N) is 1. The zero-order chi connectivity index (χ0) is 22.5. The number of aromatic nitrogens is 2. The summed E-state index contributed by atoms with van der Waals surface area (Å²) in [4.78, 5) is 7.22. The van der Waals surface area contributed by atoms with Crippen LogP contribution in [0.2, 0.25) is 0 Å². The lowest BCUT2D eigenvalue weighted by atomic mass is 9.98. The molecule has 0 saturated heterocycles. The Bertz CT molecular complexity index is 1070. The van der Waals surface area contributed by atoms with E-state index in [1.165, 1.54) is 11.1 Å². The minimum Gasteiger partial charge on any atom is -0.384 e. The van der Waals surface area contributed by atoms with E-state index in [4.69, 9.17) is 4.98 Å². The summed E-state index contributed by atoms with van der Waals surface area (Å²) in [7, 11) is 0.